The molecule has 1 heterocycles. The topological polar surface area (TPSA) is 99.1 Å². The molecule has 4 atom stereocenters. The summed E-state index contributed by atoms with van der Waals surface area (Å²) < 4.78 is 33.6. The molecule has 3 rings (SSSR count). The van der Waals surface area contributed by atoms with Gasteiger partial charge >= 0.3 is 0 Å². The number of ether oxygens (including phenoxy) is 1. The summed E-state index contributed by atoms with van der Waals surface area (Å²) >= 11 is 0. The molecule has 1 saturated heterocycles. The van der Waals surface area contributed by atoms with E-state index in [-0.39, 0.29) is 18.0 Å². The molecular weight excluding hydrogens is 404 g/mol. The Morgan fingerprint density at radius 2 is 1.73 bits per heavy atom. The Balaban J connectivity index is 1.67. The number of rotatable bonds is 9. The summed E-state index contributed by atoms with van der Waals surface area (Å²) in [6.45, 7) is 2.23. The van der Waals surface area contributed by atoms with Gasteiger partial charge in [-0.25, -0.2) is 13.1 Å². The lowest BCUT2D eigenvalue weighted by molar-refractivity contribution is -0.0201. The maximum Gasteiger partial charge on any atom is 0.240 e. The lowest BCUT2D eigenvalue weighted by atomic mass is 10.0. The Bertz CT molecular complexity index is 905. The van der Waals surface area contributed by atoms with Crippen molar-refractivity contribution >= 4 is 10.0 Å². The molecule has 1 aliphatic rings. The van der Waals surface area contributed by atoms with Crippen molar-refractivity contribution < 1.29 is 23.4 Å². The van der Waals surface area contributed by atoms with Crippen LogP contribution in [-0.2, 0) is 21.2 Å². The average molecular weight is 435 g/mol. The van der Waals surface area contributed by atoms with Crippen LogP contribution in [-0.4, -0.2) is 74.6 Å². The first-order valence-electron chi connectivity index (χ1n) is 10.1. The van der Waals surface area contributed by atoms with Crippen molar-refractivity contribution in [3.8, 4) is 0 Å². The Morgan fingerprint density at radius 3 is 2.37 bits per heavy atom. The van der Waals surface area contributed by atoms with Crippen LogP contribution in [0.25, 0.3) is 0 Å². The van der Waals surface area contributed by atoms with E-state index in [9.17, 15) is 18.6 Å². The highest BCUT2D eigenvalue weighted by atomic mass is 32.2. The number of sulfonamides is 1. The SMILES string of the molecule is Cc1ccc(S(=O)(=O)NC[C@@H]2O[C@@H](CO)[C@@H](O)[C@H]2N(C)CCc2ccccc2)cc1. The van der Waals surface area contributed by atoms with Crippen molar-refractivity contribution in [2.45, 2.75) is 42.6 Å². The van der Waals surface area contributed by atoms with E-state index in [1.165, 1.54) is 5.56 Å². The van der Waals surface area contributed by atoms with Gasteiger partial charge in [0.15, 0.2) is 0 Å². The van der Waals surface area contributed by atoms with E-state index in [0.717, 1.165) is 12.0 Å². The van der Waals surface area contributed by atoms with E-state index in [4.69, 9.17) is 4.74 Å². The van der Waals surface area contributed by atoms with Crippen LogP contribution < -0.4 is 4.72 Å². The van der Waals surface area contributed by atoms with Crippen molar-refractivity contribution in [2.75, 3.05) is 26.7 Å². The third-order valence-electron chi connectivity index (χ3n) is 5.55. The lowest BCUT2D eigenvalue weighted by Gasteiger charge is -2.30. The molecule has 2 aromatic carbocycles. The summed E-state index contributed by atoms with van der Waals surface area (Å²) in [4.78, 5) is 2.15. The summed E-state index contributed by atoms with van der Waals surface area (Å²) in [5, 5.41) is 20.2. The van der Waals surface area contributed by atoms with Gasteiger partial charge in [0.1, 0.15) is 12.2 Å². The van der Waals surface area contributed by atoms with Gasteiger partial charge in [-0.1, -0.05) is 48.0 Å². The van der Waals surface area contributed by atoms with Gasteiger partial charge in [0.25, 0.3) is 0 Å². The van der Waals surface area contributed by atoms with Crippen LogP contribution in [0.5, 0.6) is 0 Å². The van der Waals surface area contributed by atoms with Gasteiger partial charge in [-0.15, -0.1) is 0 Å². The number of aliphatic hydroxyl groups excluding tert-OH is 2. The first-order chi connectivity index (χ1) is 14.3. The summed E-state index contributed by atoms with van der Waals surface area (Å²) in [7, 11) is -1.83. The van der Waals surface area contributed by atoms with Gasteiger partial charge in [0.2, 0.25) is 10.0 Å². The van der Waals surface area contributed by atoms with Gasteiger partial charge in [0.05, 0.1) is 23.6 Å². The predicted octanol–water partition coefficient (Wildman–Crippen LogP) is 0.937. The summed E-state index contributed by atoms with van der Waals surface area (Å²) in [5.74, 6) is 0. The molecule has 0 aliphatic carbocycles. The second-order valence-corrected chi connectivity index (χ2v) is 9.52. The highest BCUT2D eigenvalue weighted by Crippen LogP contribution is 2.25. The number of nitrogens with zero attached hydrogens (tertiary/aromatic N) is 1. The van der Waals surface area contributed by atoms with E-state index in [1.807, 2.05) is 49.2 Å². The smallest absolute Gasteiger partial charge is 0.240 e. The summed E-state index contributed by atoms with van der Waals surface area (Å²) in [6, 6.07) is 16.2. The molecule has 0 amide bonds. The van der Waals surface area contributed by atoms with E-state index in [2.05, 4.69) is 4.72 Å². The van der Waals surface area contributed by atoms with Gasteiger partial charge in [0, 0.05) is 13.1 Å². The molecule has 30 heavy (non-hydrogen) atoms. The number of benzene rings is 2. The molecule has 0 aromatic heterocycles. The molecule has 164 valence electrons. The van der Waals surface area contributed by atoms with Crippen LogP contribution in [0.4, 0.5) is 0 Å². The van der Waals surface area contributed by atoms with Gasteiger partial charge in [-0.2, -0.15) is 0 Å². The second-order valence-electron chi connectivity index (χ2n) is 7.76. The molecule has 0 spiro atoms. The maximum atomic E-state index is 12.6. The van der Waals surface area contributed by atoms with Crippen LogP contribution in [0.15, 0.2) is 59.5 Å². The zero-order valence-electron chi connectivity index (χ0n) is 17.3. The van der Waals surface area contributed by atoms with Gasteiger partial charge in [-0.3, -0.25) is 4.90 Å². The van der Waals surface area contributed by atoms with Crippen LogP contribution in [0.3, 0.4) is 0 Å². The van der Waals surface area contributed by atoms with E-state index >= 15 is 0 Å². The molecule has 3 N–H and O–H groups in total. The first kappa shape index (κ1) is 22.9. The monoisotopic (exact) mass is 434 g/mol. The Morgan fingerprint density at radius 1 is 1.07 bits per heavy atom. The predicted molar refractivity (Wildman–Crippen MR) is 115 cm³/mol. The Kier molecular flexibility index (Phi) is 7.62. The lowest BCUT2D eigenvalue weighted by Crippen LogP contribution is -2.50. The third-order valence-corrected chi connectivity index (χ3v) is 6.99. The number of likely N-dealkylation sites (N-methyl/N-ethyl adjacent to an activating group) is 1. The van der Waals surface area contributed by atoms with Crippen molar-refractivity contribution in [1.82, 2.24) is 9.62 Å². The average Bonchev–Trinajstić information content (AvgIpc) is 3.07. The molecule has 0 bridgehead atoms. The van der Waals surface area contributed by atoms with Crippen molar-refractivity contribution in [1.29, 1.82) is 0 Å². The molecule has 0 saturated carbocycles. The Labute approximate surface area is 178 Å². The van der Waals surface area contributed by atoms with Crippen molar-refractivity contribution in [2.24, 2.45) is 0 Å². The zero-order chi connectivity index (χ0) is 21.7. The highest BCUT2D eigenvalue weighted by Gasteiger charge is 2.45. The zero-order valence-corrected chi connectivity index (χ0v) is 18.1. The molecule has 2 aromatic rings. The molecule has 0 radical (unpaired) electrons. The number of hydrogen-bond acceptors (Lipinski definition) is 6. The maximum absolute atomic E-state index is 12.6. The molecular formula is C22H30N2O5S. The van der Waals surface area contributed by atoms with Crippen LogP contribution in [0.1, 0.15) is 11.1 Å². The fourth-order valence-corrected chi connectivity index (χ4v) is 4.83. The Hall–Kier alpha value is -1.81. The molecule has 1 aliphatic heterocycles. The van der Waals surface area contributed by atoms with Crippen LogP contribution in [0.2, 0.25) is 0 Å². The highest BCUT2D eigenvalue weighted by molar-refractivity contribution is 7.89. The molecule has 8 heteroatoms. The third kappa shape index (κ3) is 5.46. The van der Waals surface area contributed by atoms with E-state index in [1.54, 1.807) is 24.3 Å². The standard InChI is InChI=1S/C22H30N2O5S/c1-16-8-10-18(11-9-16)30(27,28)23-14-19-21(22(26)20(15-25)29-19)24(2)13-12-17-6-4-3-5-7-17/h3-11,19-23,25-26H,12-15H2,1-2H3/t19-,20-,21-,22+/m0/s1. The summed E-state index contributed by atoms with van der Waals surface area (Å²) in [5.41, 5.74) is 2.15. The number of aliphatic hydroxyl groups is 2. The minimum absolute atomic E-state index is 0.00408. The molecule has 7 nitrogen and oxygen atoms in total. The first-order valence-corrected chi connectivity index (χ1v) is 11.5. The quantitative estimate of drug-likeness (QED) is 0.543. The van der Waals surface area contributed by atoms with E-state index in [0.29, 0.717) is 6.54 Å². The van der Waals surface area contributed by atoms with E-state index < -0.39 is 34.4 Å². The molecule has 0 unspecified atom stereocenters. The minimum atomic E-state index is -3.70. The van der Waals surface area contributed by atoms with Gasteiger partial charge < -0.3 is 14.9 Å². The minimum Gasteiger partial charge on any atom is -0.394 e. The number of aryl methyl sites for hydroxylation is 1. The second kappa shape index (κ2) is 10.00. The van der Waals surface area contributed by atoms with Crippen molar-refractivity contribution in [3.63, 3.8) is 0 Å². The fraction of sp³-hybridized carbons (Fsp3) is 0.455. The van der Waals surface area contributed by atoms with Crippen LogP contribution in [0, 0.1) is 6.92 Å². The fourth-order valence-electron chi connectivity index (χ4n) is 3.78. The van der Waals surface area contributed by atoms with Crippen molar-refractivity contribution in [3.05, 3.63) is 65.7 Å². The molecule has 1 fully saturated rings. The van der Waals surface area contributed by atoms with Crippen LogP contribution >= 0.6 is 0 Å². The largest absolute Gasteiger partial charge is 0.394 e. The normalized spacial score (nSPS) is 24.4. The van der Waals surface area contributed by atoms with Gasteiger partial charge in [-0.05, 0) is 38.1 Å². The number of nitrogens with one attached hydrogen (secondary N) is 1. The summed E-state index contributed by atoms with van der Waals surface area (Å²) in [6.07, 6.45) is -1.46. The number of hydrogen-bond donors (Lipinski definition) is 3.